The van der Waals surface area contributed by atoms with Crippen molar-refractivity contribution >= 4 is 0 Å². The molecule has 10 nitrogen and oxygen atoms in total. The van der Waals surface area contributed by atoms with E-state index in [1.807, 2.05) is 0 Å². The molecule has 152 valence electrons. The molecule has 0 bridgehead atoms. The number of benzene rings is 1. The third kappa shape index (κ3) is 3.57. The van der Waals surface area contributed by atoms with Gasteiger partial charge in [0.2, 0.25) is 5.75 Å². The maximum Gasteiger partial charge on any atom is 0.200 e. The number of fused-ring (bicyclic) bond motifs is 1. The minimum absolute atomic E-state index is 0.139. The summed E-state index contributed by atoms with van der Waals surface area (Å²) in [5.74, 6) is 0.0896. The van der Waals surface area contributed by atoms with Crippen molar-refractivity contribution in [3.63, 3.8) is 0 Å². The Balaban J connectivity index is 1.92. The summed E-state index contributed by atoms with van der Waals surface area (Å²) in [6.07, 6.45) is -7.62. The Labute approximate surface area is 155 Å². The zero-order chi connectivity index (χ0) is 19.7. The average Bonchev–Trinajstić information content (AvgIpc) is 2.70. The van der Waals surface area contributed by atoms with Crippen LogP contribution >= 0.6 is 0 Å². The summed E-state index contributed by atoms with van der Waals surface area (Å²) in [5.41, 5.74) is 0.476. The van der Waals surface area contributed by atoms with Crippen LogP contribution in [0.15, 0.2) is 12.1 Å². The Morgan fingerprint density at radius 3 is 2.00 bits per heavy atom. The number of aromatic hydroxyl groups is 1. The minimum Gasteiger partial charge on any atom is -0.502 e. The first-order valence-electron chi connectivity index (χ1n) is 8.44. The van der Waals surface area contributed by atoms with Crippen LogP contribution in [0.1, 0.15) is 11.7 Å². The number of phenolic OH excluding ortho intramolecular Hbond substituents is 1. The molecule has 1 aromatic rings. The van der Waals surface area contributed by atoms with E-state index in [4.69, 9.17) is 23.7 Å². The Hall–Kier alpha value is -1.66. The summed E-state index contributed by atoms with van der Waals surface area (Å²) in [4.78, 5) is 0. The molecule has 0 unspecified atom stereocenters. The third-order valence-electron chi connectivity index (χ3n) is 4.79. The Morgan fingerprint density at radius 2 is 1.48 bits per heavy atom. The van der Waals surface area contributed by atoms with E-state index < -0.39 is 56.1 Å². The molecule has 3 rings (SSSR count). The van der Waals surface area contributed by atoms with Crippen LogP contribution in [0.25, 0.3) is 0 Å². The van der Waals surface area contributed by atoms with E-state index >= 15 is 0 Å². The lowest BCUT2D eigenvalue weighted by Gasteiger charge is -2.48. The zero-order valence-corrected chi connectivity index (χ0v) is 14.9. The molecule has 7 atom stereocenters. The lowest BCUT2D eigenvalue weighted by atomic mass is 9.95. The maximum atomic E-state index is 10.2. The van der Waals surface area contributed by atoms with E-state index in [9.17, 15) is 25.5 Å². The highest BCUT2D eigenvalue weighted by molar-refractivity contribution is 5.53. The molecule has 10 heteroatoms. The smallest absolute Gasteiger partial charge is 0.200 e. The summed E-state index contributed by atoms with van der Waals surface area (Å²) in [6.45, 7) is -0.953. The van der Waals surface area contributed by atoms with Gasteiger partial charge in [-0.05, 0) is 17.7 Å². The Kier molecular flexibility index (Phi) is 6.06. The molecule has 2 fully saturated rings. The Bertz CT molecular complexity index is 628. The molecule has 0 radical (unpaired) electrons. The fourth-order valence-corrected chi connectivity index (χ4v) is 3.33. The molecular weight excluding hydrogens is 364 g/mol. The lowest BCUT2D eigenvalue weighted by molar-refractivity contribution is -0.371. The van der Waals surface area contributed by atoms with Crippen LogP contribution < -0.4 is 9.47 Å². The molecule has 1 aromatic carbocycles. The quantitative estimate of drug-likeness (QED) is 0.411. The van der Waals surface area contributed by atoms with Gasteiger partial charge in [0.15, 0.2) is 17.8 Å². The van der Waals surface area contributed by atoms with Gasteiger partial charge in [0.05, 0.1) is 27.4 Å². The van der Waals surface area contributed by atoms with Crippen LogP contribution in [-0.4, -0.2) is 89.8 Å². The molecule has 0 aliphatic carbocycles. The monoisotopic (exact) mass is 388 g/mol. The van der Waals surface area contributed by atoms with Gasteiger partial charge >= 0.3 is 0 Å². The van der Waals surface area contributed by atoms with E-state index in [1.165, 1.54) is 26.4 Å². The van der Waals surface area contributed by atoms with Gasteiger partial charge in [-0.25, -0.2) is 0 Å². The van der Waals surface area contributed by atoms with Gasteiger partial charge in [0.1, 0.15) is 36.6 Å². The van der Waals surface area contributed by atoms with Gasteiger partial charge in [-0.3, -0.25) is 0 Å². The molecule has 0 saturated carbocycles. The van der Waals surface area contributed by atoms with Crippen molar-refractivity contribution in [2.45, 2.75) is 42.9 Å². The molecule has 2 saturated heterocycles. The van der Waals surface area contributed by atoms with Crippen molar-refractivity contribution < 1.29 is 49.2 Å². The summed E-state index contributed by atoms with van der Waals surface area (Å²) in [6, 6.07) is 3.01. The summed E-state index contributed by atoms with van der Waals surface area (Å²) >= 11 is 0. The molecule has 0 aromatic heterocycles. The van der Waals surface area contributed by atoms with Crippen LogP contribution in [0.3, 0.4) is 0 Å². The number of hydrogen-bond acceptors (Lipinski definition) is 10. The number of methoxy groups -OCH3 is 2. The Morgan fingerprint density at radius 1 is 0.889 bits per heavy atom. The van der Waals surface area contributed by atoms with Gasteiger partial charge in [-0.15, -0.1) is 0 Å². The first-order valence-corrected chi connectivity index (χ1v) is 8.44. The molecule has 27 heavy (non-hydrogen) atoms. The normalized spacial score (nSPS) is 36.1. The van der Waals surface area contributed by atoms with Gasteiger partial charge in [-0.2, -0.15) is 0 Å². The highest BCUT2D eigenvalue weighted by Crippen LogP contribution is 2.43. The van der Waals surface area contributed by atoms with Gasteiger partial charge in [-0.1, -0.05) is 0 Å². The van der Waals surface area contributed by atoms with Gasteiger partial charge in [0, 0.05) is 0 Å². The third-order valence-corrected chi connectivity index (χ3v) is 4.79. The van der Waals surface area contributed by atoms with Crippen molar-refractivity contribution in [3.05, 3.63) is 17.7 Å². The lowest BCUT2D eigenvalue weighted by Crippen LogP contribution is -2.63. The number of hydrogen-bond donors (Lipinski definition) is 5. The molecule has 2 aliphatic heterocycles. The van der Waals surface area contributed by atoms with Crippen molar-refractivity contribution in [2.75, 3.05) is 27.4 Å². The molecular formula is C17H24O10. The van der Waals surface area contributed by atoms with Crippen LogP contribution in [-0.2, 0) is 14.2 Å². The van der Waals surface area contributed by atoms with Crippen LogP contribution in [0, 0.1) is 0 Å². The van der Waals surface area contributed by atoms with Crippen molar-refractivity contribution in [1.82, 2.24) is 0 Å². The highest BCUT2D eigenvalue weighted by Gasteiger charge is 2.51. The first-order chi connectivity index (χ1) is 12.9. The number of rotatable bonds is 5. The molecule has 0 amide bonds. The van der Waals surface area contributed by atoms with Gasteiger partial charge in [0.25, 0.3) is 0 Å². The molecule has 2 heterocycles. The SMILES string of the molecule is COc1cc([C@H]2O[C@H]3O[C@H](CO)[C@@H](O)[C@H](O)[C@H]3O[C@@H]2CO)cc(OC)c1O. The first kappa shape index (κ1) is 20.1. The van der Waals surface area contributed by atoms with Crippen molar-refractivity contribution in [1.29, 1.82) is 0 Å². The fraction of sp³-hybridized carbons (Fsp3) is 0.647. The molecule has 5 N–H and O–H groups in total. The van der Waals surface area contributed by atoms with E-state index in [2.05, 4.69) is 0 Å². The standard InChI is InChI=1S/C17H24O10/c1-23-8-3-7(4-9(24-2)12(8)20)15-11(6-19)25-16-14(22)13(21)10(5-18)26-17(16)27-15/h3-4,10-11,13-22H,5-6H2,1-2H3/t10-,11-,13-,14+,15-,16-,17-/m1/s1. The van der Waals surface area contributed by atoms with E-state index in [0.29, 0.717) is 5.56 Å². The van der Waals surface area contributed by atoms with E-state index in [0.717, 1.165) is 0 Å². The second-order valence-electron chi connectivity index (χ2n) is 6.36. The summed E-state index contributed by atoms with van der Waals surface area (Å²) in [7, 11) is 2.76. The minimum atomic E-state index is -1.36. The summed E-state index contributed by atoms with van der Waals surface area (Å²) < 4.78 is 27.4. The number of aliphatic hydroxyl groups excluding tert-OH is 4. The maximum absolute atomic E-state index is 10.2. The molecule has 0 spiro atoms. The van der Waals surface area contributed by atoms with Crippen LogP contribution in [0.2, 0.25) is 0 Å². The van der Waals surface area contributed by atoms with Crippen LogP contribution in [0.4, 0.5) is 0 Å². The topological polar surface area (TPSA) is 147 Å². The number of ether oxygens (including phenoxy) is 5. The fourth-order valence-electron chi connectivity index (χ4n) is 3.33. The highest BCUT2D eigenvalue weighted by atomic mass is 16.7. The van der Waals surface area contributed by atoms with Gasteiger partial charge < -0.3 is 49.2 Å². The van der Waals surface area contributed by atoms with E-state index in [1.54, 1.807) is 0 Å². The zero-order valence-electron chi connectivity index (χ0n) is 14.9. The number of phenols is 1. The largest absolute Gasteiger partial charge is 0.502 e. The number of aliphatic hydroxyl groups is 4. The predicted octanol–water partition coefficient (Wildman–Crippen LogP) is -1.33. The predicted molar refractivity (Wildman–Crippen MR) is 88.5 cm³/mol. The molecule has 2 aliphatic rings. The van der Waals surface area contributed by atoms with E-state index in [-0.39, 0.29) is 17.2 Å². The summed E-state index contributed by atoms with van der Waals surface area (Å²) in [5, 5.41) is 49.4. The average molecular weight is 388 g/mol. The van der Waals surface area contributed by atoms with Crippen molar-refractivity contribution in [3.8, 4) is 17.2 Å². The van der Waals surface area contributed by atoms with Crippen LogP contribution in [0.5, 0.6) is 17.2 Å². The second-order valence-corrected chi connectivity index (χ2v) is 6.36. The second kappa shape index (κ2) is 8.15. The van der Waals surface area contributed by atoms with Crippen molar-refractivity contribution in [2.24, 2.45) is 0 Å².